The van der Waals surface area contributed by atoms with Gasteiger partial charge in [-0.15, -0.1) is 11.3 Å². The molecule has 2 aromatic rings. The Bertz CT molecular complexity index is 482. The van der Waals surface area contributed by atoms with Crippen LogP contribution in [0.1, 0.15) is 15.4 Å². The van der Waals surface area contributed by atoms with Gasteiger partial charge in [0, 0.05) is 0 Å². The Kier molecular flexibility index (Phi) is 3.04. The quantitative estimate of drug-likeness (QED) is 0.600. The first kappa shape index (κ1) is 10.2. The number of hydrogen-bond donors (Lipinski definition) is 0. The summed E-state index contributed by atoms with van der Waals surface area (Å²) in [5.74, 6) is 0.544. The summed E-state index contributed by atoms with van der Waals surface area (Å²) >= 11 is 7.01. The molecule has 2 aromatic heterocycles. The molecule has 4 heteroatoms. The maximum atomic E-state index is 11.5. The molecule has 0 unspecified atom stereocenters. The summed E-state index contributed by atoms with van der Waals surface area (Å²) in [5.41, 5.74) is 0. The molecule has 76 valence electrons. The van der Waals surface area contributed by atoms with Crippen LogP contribution in [0.4, 0.5) is 0 Å². The van der Waals surface area contributed by atoms with E-state index >= 15 is 0 Å². The molecule has 0 fully saturated rings. The maximum absolute atomic E-state index is 11.5. The van der Waals surface area contributed by atoms with Crippen LogP contribution in [0.2, 0.25) is 5.22 Å². The molecular weight excluding hydrogens is 232 g/mol. The van der Waals surface area contributed by atoms with Gasteiger partial charge in [-0.3, -0.25) is 4.79 Å². The number of rotatable bonds is 3. The molecule has 15 heavy (non-hydrogen) atoms. The molecule has 0 aliphatic rings. The molecule has 2 heterocycles. The molecule has 0 saturated carbocycles. The summed E-state index contributed by atoms with van der Waals surface area (Å²) in [6, 6.07) is 6.97. The van der Waals surface area contributed by atoms with E-state index in [0.29, 0.717) is 15.9 Å². The highest BCUT2D eigenvalue weighted by Gasteiger charge is 2.02. The minimum absolute atomic E-state index is 0.0301. The SMILES string of the molecule is O=C(C=Cc1ccc(Cl)o1)c1cccs1. The van der Waals surface area contributed by atoms with Crippen molar-refractivity contribution in [3.63, 3.8) is 0 Å². The van der Waals surface area contributed by atoms with Crippen molar-refractivity contribution >= 4 is 34.8 Å². The van der Waals surface area contributed by atoms with Crippen LogP contribution in [0.5, 0.6) is 0 Å². The Balaban J connectivity index is 2.09. The van der Waals surface area contributed by atoms with Crippen molar-refractivity contribution in [2.75, 3.05) is 0 Å². The Morgan fingerprint density at radius 3 is 2.87 bits per heavy atom. The minimum Gasteiger partial charge on any atom is -0.445 e. The highest BCUT2D eigenvalue weighted by Crippen LogP contribution is 2.15. The van der Waals surface area contributed by atoms with Gasteiger partial charge in [0.05, 0.1) is 4.88 Å². The fourth-order valence-electron chi connectivity index (χ4n) is 1.08. The number of halogens is 1. The van der Waals surface area contributed by atoms with Crippen molar-refractivity contribution < 1.29 is 9.21 Å². The van der Waals surface area contributed by atoms with Crippen LogP contribution in [0.3, 0.4) is 0 Å². The molecule has 0 saturated heterocycles. The summed E-state index contributed by atoms with van der Waals surface area (Å²) in [5, 5.41) is 2.18. The van der Waals surface area contributed by atoms with Crippen LogP contribution < -0.4 is 0 Å². The fourth-order valence-corrected chi connectivity index (χ4v) is 1.87. The average molecular weight is 239 g/mol. The number of thiophene rings is 1. The van der Waals surface area contributed by atoms with Crippen molar-refractivity contribution in [3.8, 4) is 0 Å². The van der Waals surface area contributed by atoms with Gasteiger partial charge in [-0.25, -0.2) is 0 Å². The molecule has 0 radical (unpaired) electrons. The van der Waals surface area contributed by atoms with Gasteiger partial charge in [0.25, 0.3) is 0 Å². The van der Waals surface area contributed by atoms with Crippen LogP contribution in [0.25, 0.3) is 6.08 Å². The molecule has 0 aliphatic carbocycles. The second kappa shape index (κ2) is 4.47. The Labute approximate surface area is 95.8 Å². The van der Waals surface area contributed by atoms with Gasteiger partial charge in [0.2, 0.25) is 0 Å². The summed E-state index contributed by atoms with van der Waals surface area (Å²) in [4.78, 5) is 12.2. The van der Waals surface area contributed by atoms with E-state index in [-0.39, 0.29) is 5.78 Å². The van der Waals surface area contributed by atoms with Gasteiger partial charge >= 0.3 is 0 Å². The van der Waals surface area contributed by atoms with Crippen LogP contribution in [0.15, 0.2) is 40.1 Å². The Hall–Kier alpha value is -1.32. The first-order valence-electron chi connectivity index (χ1n) is 4.27. The van der Waals surface area contributed by atoms with Crippen molar-refractivity contribution in [1.82, 2.24) is 0 Å². The van der Waals surface area contributed by atoms with Crippen LogP contribution in [0, 0.1) is 0 Å². The number of hydrogen-bond acceptors (Lipinski definition) is 3. The lowest BCUT2D eigenvalue weighted by molar-refractivity contribution is 0.105. The first-order valence-corrected chi connectivity index (χ1v) is 5.53. The highest BCUT2D eigenvalue weighted by atomic mass is 35.5. The van der Waals surface area contributed by atoms with Gasteiger partial charge in [-0.05, 0) is 47.3 Å². The lowest BCUT2D eigenvalue weighted by Crippen LogP contribution is -1.87. The summed E-state index contributed by atoms with van der Waals surface area (Å²) in [7, 11) is 0. The number of carbonyl (C=O) groups excluding carboxylic acids is 1. The van der Waals surface area contributed by atoms with Gasteiger partial charge in [-0.2, -0.15) is 0 Å². The van der Waals surface area contributed by atoms with Gasteiger partial charge in [0.1, 0.15) is 5.76 Å². The zero-order valence-electron chi connectivity index (χ0n) is 7.64. The van der Waals surface area contributed by atoms with Crippen molar-refractivity contribution in [1.29, 1.82) is 0 Å². The summed E-state index contributed by atoms with van der Waals surface area (Å²) < 4.78 is 5.08. The Morgan fingerprint density at radius 1 is 1.40 bits per heavy atom. The average Bonchev–Trinajstić information content (AvgIpc) is 2.84. The van der Waals surface area contributed by atoms with Crippen molar-refractivity contribution in [2.24, 2.45) is 0 Å². The molecule has 0 aliphatic heterocycles. The number of carbonyl (C=O) groups is 1. The zero-order valence-corrected chi connectivity index (χ0v) is 9.22. The monoisotopic (exact) mass is 238 g/mol. The van der Waals surface area contributed by atoms with E-state index in [0.717, 1.165) is 0 Å². The Morgan fingerprint density at radius 2 is 2.27 bits per heavy atom. The predicted molar refractivity (Wildman–Crippen MR) is 61.4 cm³/mol. The molecule has 0 amide bonds. The van der Waals surface area contributed by atoms with Gasteiger partial charge < -0.3 is 4.42 Å². The molecule has 0 N–H and O–H groups in total. The topological polar surface area (TPSA) is 30.2 Å². The van der Waals surface area contributed by atoms with Crippen LogP contribution in [-0.4, -0.2) is 5.78 Å². The first-order chi connectivity index (χ1) is 7.25. The standard InChI is InChI=1S/C11H7ClO2S/c12-11-6-4-8(14-11)3-5-9(13)10-2-1-7-15-10/h1-7H. The molecule has 0 atom stereocenters. The lowest BCUT2D eigenvalue weighted by Gasteiger charge is -1.87. The molecular formula is C11H7ClO2S. The molecule has 0 spiro atoms. The zero-order chi connectivity index (χ0) is 10.7. The lowest BCUT2D eigenvalue weighted by atomic mass is 10.3. The smallest absolute Gasteiger partial charge is 0.195 e. The van der Waals surface area contributed by atoms with Crippen molar-refractivity contribution in [2.45, 2.75) is 0 Å². The number of ketones is 1. The van der Waals surface area contributed by atoms with E-state index < -0.39 is 0 Å². The second-order valence-electron chi connectivity index (χ2n) is 2.82. The number of allylic oxidation sites excluding steroid dienone is 1. The van der Waals surface area contributed by atoms with E-state index in [1.807, 2.05) is 11.4 Å². The largest absolute Gasteiger partial charge is 0.445 e. The minimum atomic E-state index is -0.0301. The third-order valence-corrected chi connectivity index (χ3v) is 2.84. The fraction of sp³-hybridized carbons (Fsp3) is 0. The van der Waals surface area contributed by atoms with Crippen LogP contribution >= 0.6 is 22.9 Å². The molecule has 0 aromatic carbocycles. The van der Waals surface area contributed by atoms with Crippen LogP contribution in [-0.2, 0) is 0 Å². The predicted octanol–water partition coefficient (Wildman–Crippen LogP) is 3.89. The van der Waals surface area contributed by atoms with E-state index in [2.05, 4.69) is 0 Å². The molecule has 2 rings (SSSR count). The highest BCUT2D eigenvalue weighted by molar-refractivity contribution is 7.12. The van der Waals surface area contributed by atoms with E-state index in [1.165, 1.54) is 17.4 Å². The normalized spacial score (nSPS) is 11.0. The van der Waals surface area contributed by atoms with E-state index in [1.54, 1.807) is 24.3 Å². The van der Waals surface area contributed by atoms with Gasteiger partial charge in [0.15, 0.2) is 11.0 Å². The number of furan rings is 1. The summed E-state index contributed by atoms with van der Waals surface area (Å²) in [6.45, 7) is 0. The van der Waals surface area contributed by atoms with E-state index in [4.69, 9.17) is 16.0 Å². The molecule has 0 bridgehead atoms. The van der Waals surface area contributed by atoms with Gasteiger partial charge in [-0.1, -0.05) is 6.07 Å². The third-order valence-electron chi connectivity index (χ3n) is 1.76. The second-order valence-corrected chi connectivity index (χ2v) is 4.14. The maximum Gasteiger partial charge on any atom is 0.195 e. The molecule has 2 nitrogen and oxygen atoms in total. The van der Waals surface area contributed by atoms with E-state index in [9.17, 15) is 4.79 Å². The third kappa shape index (κ3) is 2.58. The summed E-state index contributed by atoms with van der Waals surface area (Å²) in [6.07, 6.45) is 3.08. The van der Waals surface area contributed by atoms with Crippen molar-refractivity contribution in [3.05, 3.63) is 51.6 Å².